The molecule has 148 valence electrons. The number of nitrogens with zero attached hydrogens (tertiary/aromatic N) is 1. The SMILES string of the molecule is CCOC(=O)c1c(NC(=O)c2ccc(Cl)cc2[N+](=O)[O-])sc2c1CCC(C)C2. The topological polar surface area (TPSA) is 98.5 Å². The maximum absolute atomic E-state index is 12.8. The van der Waals surface area contributed by atoms with Crippen LogP contribution in [0.3, 0.4) is 0 Å². The van der Waals surface area contributed by atoms with E-state index in [1.807, 2.05) is 0 Å². The van der Waals surface area contributed by atoms with Crippen molar-refractivity contribution in [3.05, 3.63) is 54.9 Å². The van der Waals surface area contributed by atoms with Gasteiger partial charge in [0.1, 0.15) is 10.6 Å². The van der Waals surface area contributed by atoms with Gasteiger partial charge in [-0.25, -0.2) is 4.79 Å². The summed E-state index contributed by atoms with van der Waals surface area (Å²) in [5.74, 6) is -0.668. The number of carbonyl (C=O) groups excluding carboxylic acids is 2. The minimum absolute atomic E-state index is 0.121. The zero-order valence-electron chi connectivity index (χ0n) is 15.4. The quantitative estimate of drug-likeness (QED) is 0.421. The van der Waals surface area contributed by atoms with E-state index < -0.39 is 22.5 Å². The van der Waals surface area contributed by atoms with Crippen LogP contribution in [0.5, 0.6) is 0 Å². The molecule has 0 radical (unpaired) electrons. The highest BCUT2D eigenvalue weighted by molar-refractivity contribution is 7.17. The number of ether oxygens (including phenoxy) is 1. The summed E-state index contributed by atoms with van der Waals surface area (Å²) >= 11 is 7.15. The predicted molar refractivity (Wildman–Crippen MR) is 108 cm³/mol. The third kappa shape index (κ3) is 4.02. The Labute approximate surface area is 170 Å². The van der Waals surface area contributed by atoms with Crippen LogP contribution < -0.4 is 5.32 Å². The summed E-state index contributed by atoms with van der Waals surface area (Å²) in [6.45, 7) is 4.08. The summed E-state index contributed by atoms with van der Waals surface area (Å²) in [5.41, 5.74) is 0.753. The molecule has 0 spiro atoms. The molecule has 1 heterocycles. The summed E-state index contributed by atoms with van der Waals surface area (Å²) in [5, 5.41) is 14.5. The van der Waals surface area contributed by atoms with E-state index in [1.54, 1.807) is 6.92 Å². The molecule has 2 aromatic rings. The number of hydrogen-bond acceptors (Lipinski definition) is 6. The lowest BCUT2D eigenvalue weighted by molar-refractivity contribution is -0.385. The summed E-state index contributed by atoms with van der Waals surface area (Å²) < 4.78 is 5.18. The fourth-order valence-corrected chi connectivity index (χ4v) is 4.84. The molecule has 0 fully saturated rings. The summed E-state index contributed by atoms with van der Waals surface area (Å²) in [7, 11) is 0. The average Bonchev–Trinajstić information content (AvgIpc) is 2.98. The number of carbonyl (C=O) groups is 2. The smallest absolute Gasteiger partial charge is 0.341 e. The van der Waals surface area contributed by atoms with E-state index in [9.17, 15) is 19.7 Å². The standard InChI is InChI=1S/C19H19ClN2O5S/c1-3-27-19(24)16-13-6-4-10(2)8-15(13)28-18(16)21-17(23)12-7-5-11(20)9-14(12)22(25)26/h5,7,9-10H,3-4,6,8H2,1-2H3,(H,21,23). The Kier molecular flexibility index (Phi) is 6.00. The van der Waals surface area contributed by atoms with Crippen LogP contribution in [0.4, 0.5) is 10.7 Å². The van der Waals surface area contributed by atoms with Crippen molar-refractivity contribution in [2.75, 3.05) is 11.9 Å². The number of thiophene rings is 1. The van der Waals surface area contributed by atoms with E-state index in [2.05, 4.69) is 12.2 Å². The van der Waals surface area contributed by atoms with Crippen molar-refractivity contribution in [1.29, 1.82) is 0 Å². The number of benzene rings is 1. The number of esters is 1. The Morgan fingerprint density at radius 3 is 2.86 bits per heavy atom. The van der Waals surface area contributed by atoms with Gasteiger partial charge in [-0.05, 0) is 49.8 Å². The van der Waals surface area contributed by atoms with Gasteiger partial charge < -0.3 is 10.1 Å². The van der Waals surface area contributed by atoms with Crippen molar-refractivity contribution < 1.29 is 19.2 Å². The molecular formula is C19H19ClN2O5S. The highest BCUT2D eigenvalue weighted by atomic mass is 35.5. The largest absolute Gasteiger partial charge is 0.462 e. The number of fused-ring (bicyclic) bond motifs is 1. The van der Waals surface area contributed by atoms with Gasteiger partial charge in [0.05, 0.1) is 17.1 Å². The lowest BCUT2D eigenvalue weighted by Gasteiger charge is -2.18. The molecule has 28 heavy (non-hydrogen) atoms. The molecule has 1 unspecified atom stereocenters. The van der Waals surface area contributed by atoms with Gasteiger partial charge in [-0.2, -0.15) is 0 Å². The molecular weight excluding hydrogens is 404 g/mol. The van der Waals surface area contributed by atoms with E-state index in [1.165, 1.54) is 23.5 Å². The Hall–Kier alpha value is -2.45. The number of nitro groups is 1. The lowest BCUT2D eigenvalue weighted by atomic mass is 9.88. The molecule has 7 nitrogen and oxygen atoms in total. The first-order chi connectivity index (χ1) is 13.3. The predicted octanol–water partition coefficient (Wildman–Crippen LogP) is 4.86. The highest BCUT2D eigenvalue weighted by Crippen LogP contribution is 2.40. The molecule has 1 amide bonds. The van der Waals surface area contributed by atoms with Crippen LogP contribution in [0.25, 0.3) is 0 Å². The van der Waals surface area contributed by atoms with E-state index in [4.69, 9.17) is 16.3 Å². The molecule has 0 saturated heterocycles. The van der Waals surface area contributed by atoms with Gasteiger partial charge in [0.25, 0.3) is 11.6 Å². The van der Waals surface area contributed by atoms with Crippen molar-refractivity contribution in [2.45, 2.75) is 33.1 Å². The second-order valence-corrected chi connectivity index (χ2v) is 8.19. The van der Waals surface area contributed by atoms with Gasteiger partial charge in [0, 0.05) is 16.0 Å². The molecule has 0 saturated carbocycles. The molecule has 3 rings (SSSR count). The monoisotopic (exact) mass is 422 g/mol. The Morgan fingerprint density at radius 2 is 2.18 bits per heavy atom. The van der Waals surface area contributed by atoms with Gasteiger partial charge in [-0.15, -0.1) is 11.3 Å². The molecule has 1 aliphatic rings. The molecule has 1 aromatic carbocycles. The Balaban J connectivity index is 1.99. The van der Waals surface area contributed by atoms with Gasteiger partial charge in [-0.3, -0.25) is 14.9 Å². The first-order valence-corrected chi connectivity index (χ1v) is 10.1. The van der Waals surface area contributed by atoms with Crippen LogP contribution in [0.15, 0.2) is 18.2 Å². The van der Waals surface area contributed by atoms with Gasteiger partial charge >= 0.3 is 5.97 Å². The number of halogens is 1. The second kappa shape index (κ2) is 8.28. The minimum Gasteiger partial charge on any atom is -0.462 e. The van der Waals surface area contributed by atoms with E-state index >= 15 is 0 Å². The third-order valence-electron chi connectivity index (χ3n) is 4.62. The molecule has 0 aliphatic heterocycles. The van der Waals surface area contributed by atoms with E-state index in [-0.39, 0.29) is 17.2 Å². The zero-order chi connectivity index (χ0) is 20.4. The van der Waals surface area contributed by atoms with Crippen molar-refractivity contribution in [3.63, 3.8) is 0 Å². The third-order valence-corrected chi connectivity index (χ3v) is 6.02. The number of nitro benzene ring substituents is 1. The molecule has 1 aromatic heterocycles. The highest BCUT2D eigenvalue weighted by Gasteiger charge is 2.30. The van der Waals surface area contributed by atoms with Crippen LogP contribution in [-0.2, 0) is 17.6 Å². The van der Waals surface area contributed by atoms with Gasteiger partial charge in [0.2, 0.25) is 0 Å². The van der Waals surface area contributed by atoms with Crippen molar-refractivity contribution in [1.82, 2.24) is 0 Å². The molecule has 9 heteroatoms. The number of rotatable bonds is 5. The van der Waals surface area contributed by atoms with Crippen LogP contribution in [-0.4, -0.2) is 23.4 Å². The van der Waals surface area contributed by atoms with Crippen molar-refractivity contribution >= 4 is 45.5 Å². The van der Waals surface area contributed by atoms with Crippen LogP contribution in [0.1, 0.15) is 51.4 Å². The van der Waals surface area contributed by atoms with Crippen molar-refractivity contribution in [2.24, 2.45) is 5.92 Å². The zero-order valence-corrected chi connectivity index (χ0v) is 17.0. The Morgan fingerprint density at radius 1 is 1.43 bits per heavy atom. The summed E-state index contributed by atoms with van der Waals surface area (Å²) in [4.78, 5) is 36.9. The normalized spacial score (nSPS) is 15.6. The Bertz CT molecular complexity index is 956. The summed E-state index contributed by atoms with van der Waals surface area (Å²) in [6, 6.07) is 3.84. The maximum atomic E-state index is 12.8. The fourth-order valence-electron chi connectivity index (χ4n) is 3.28. The van der Waals surface area contributed by atoms with E-state index in [0.717, 1.165) is 35.8 Å². The number of amides is 1. The molecule has 1 N–H and O–H groups in total. The summed E-state index contributed by atoms with van der Waals surface area (Å²) in [6.07, 6.45) is 2.51. The van der Waals surface area contributed by atoms with Crippen LogP contribution in [0, 0.1) is 16.0 Å². The molecule has 1 aliphatic carbocycles. The van der Waals surface area contributed by atoms with Gasteiger partial charge in [0.15, 0.2) is 0 Å². The first-order valence-electron chi connectivity index (χ1n) is 8.88. The minimum atomic E-state index is -0.666. The average molecular weight is 423 g/mol. The lowest BCUT2D eigenvalue weighted by Crippen LogP contribution is -2.17. The van der Waals surface area contributed by atoms with Crippen molar-refractivity contribution in [3.8, 4) is 0 Å². The molecule has 1 atom stereocenters. The number of hydrogen-bond donors (Lipinski definition) is 1. The number of anilines is 1. The molecule has 0 bridgehead atoms. The number of nitrogens with one attached hydrogen (secondary N) is 1. The fraction of sp³-hybridized carbons (Fsp3) is 0.368. The second-order valence-electron chi connectivity index (χ2n) is 6.65. The van der Waals surface area contributed by atoms with Gasteiger partial charge in [-0.1, -0.05) is 18.5 Å². The van der Waals surface area contributed by atoms with E-state index in [0.29, 0.717) is 16.5 Å². The van der Waals surface area contributed by atoms with Crippen LogP contribution >= 0.6 is 22.9 Å². The maximum Gasteiger partial charge on any atom is 0.341 e. The first kappa shape index (κ1) is 20.3. The van der Waals surface area contributed by atoms with Crippen LogP contribution in [0.2, 0.25) is 5.02 Å².